The van der Waals surface area contributed by atoms with Gasteiger partial charge in [-0.2, -0.15) is 17.0 Å². The van der Waals surface area contributed by atoms with E-state index in [1.165, 1.54) is 8.61 Å². The summed E-state index contributed by atoms with van der Waals surface area (Å²) in [6, 6.07) is 0.0337. The minimum absolute atomic E-state index is 0.0276. The van der Waals surface area contributed by atoms with Crippen molar-refractivity contribution in [3.8, 4) is 0 Å². The molecular formula is C11H25N3O2S. The van der Waals surface area contributed by atoms with Gasteiger partial charge in [-0.15, -0.1) is 0 Å². The SMILES string of the molecule is CC(C)N(C)S(=O)(=O)N(C)C1CCCC1CN. The van der Waals surface area contributed by atoms with Gasteiger partial charge in [0.25, 0.3) is 10.2 Å². The minimum atomic E-state index is -3.35. The summed E-state index contributed by atoms with van der Waals surface area (Å²) in [5, 5.41) is 0. The number of hydrogen-bond acceptors (Lipinski definition) is 3. The van der Waals surface area contributed by atoms with Crippen molar-refractivity contribution in [1.29, 1.82) is 0 Å². The third-order valence-corrected chi connectivity index (χ3v) is 5.99. The molecule has 1 aliphatic rings. The van der Waals surface area contributed by atoms with Crippen molar-refractivity contribution in [3.05, 3.63) is 0 Å². The standard InChI is InChI=1S/C11H25N3O2S/c1-9(2)13(3)17(15,16)14(4)11-7-5-6-10(11)8-12/h9-11H,5-8,12H2,1-4H3. The molecule has 0 heterocycles. The Morgan fingerprint density at radius 2 is 1.88 bits per heavy atom. The summed E-state index contributed by atoms with van der Waals surface area (Å²) < 4.78 is 27.6. The van der Waals surface area contributed by atoms with Gasteiger partial charge >= 0.3 is 0 Å². The summed E-state index contributed by atoms with van der Waals surface area (Å²) in [6.45, 7) is 4.32. The summed E-state index contributed by atoms with van der Waals surface area (Å²) in [5.41, 5.74) is 5.71. The zero-order valence-corrected chi connectivity index (χ0v) is 12.1. The Morgan fingerprint density at radius 1 is 1.29 bits per heavy atom. The van der Waals surface area contributed by atoms with E-state index >= 15 is 0 Å². The normalized spacial score (nSPS) is 26.4. The smallest absolute Gasteiger partial charge is 0.281 e. The molecule has 1 aliphatic carbocycles. The summed E-state index contributed by atoms with van der Waals surface area (Å²) in [5.74, 6) is 0.301. The largest absolute Gasteiger partial charge is 0.330 e. The average molecular weight is 263 g/mol. The number of nitrogens with zero attached hydrogens (tertiary/aromatic N) is 2. The van der Waals surface area contributed by atoms with Crippen LogP contribution >= 0.6 is 0 Å². The van der Waals surface area contributed by atoms with Crippen LogP contribution in [0.25, 0.3) is 0 Å². The van der Waals surface area contributed by atoms with Crippen LogP contribution in [-0.2, 0) is 10.2 Å². The molecule has 0 amide bonds. The van der Waals surface area contributed by atoms with E-state index < -0.39 is 10.2 Å². The second-order valence-electron chi connectivity index (χ2n) is 5.13. The van der Waals surface area contributed by atoms with Crippen molar-refractivity contribution < 1.29 is 8.42 Å². The maximum atomic E-state index is 12.3. The van der Waals surface area contributed by atoms with Crippen LogP contribution in [0.3, 0.4) is 0 Å². The molecule has 6 heteroatoms. The van der Waals surface area contributed by atoms with Gasteiger partial charge in [0.05, 0.1) is 0 Å². The molecule has 2 unspecified atom stereocenters. The van der Waals surface area contributed by atoms with Gasteiger partial charge in [-0.05, 0) is 39.2 Å². The maximum absolute atomic E-state index is 12.3. The van der Waals surface area contributed by atoms with Crippen LogP contribution in [0.4, 0.5) is 0 Å². The second-order valence-corrected chi connectivity index (χ2v) is 7.18. The van der Waals surface area contributed by atoms with E-state index in [0.29, 0.717) is 12.5 Å². The molecule has 1 rings (SSSR count). The Morgan fingerprint density at radius 3 is 2.35 bits per heavy atom. The molecule has 0 spiro atoms. The highest BCUT2D eigenvalue weighted by atomic mass is 32.2. The van der Waals surface area contributed by atoms with E-state index in [1.54, 1.807) is 14.1 Å². The van der Waals surface area contributed by atoms with Gasteiger partial charge in [0.15, 0.2) is 0 Å². The van der Waals surface area contributed by atoms with Crippen molar-refractivity contribution in [2.24, 2.45) is 11.7 Å². The molecule has 5 nitrogen and oxygen atoms in total. The molecule has 1 saturated carbocycles. The van der Waals surface area contributed by atoms with Gasteiger partial charge in [-0.3, -0.25) is 0 Å². The van der Waals surface area contributed by atoms with E-state index in [0.717, 1.165) is 19.3 Å². The van der Waals surface area contributed by atoms with E-state index in [2.05, 4.69) is 0 Å². The first-order chi connectivity index (χ1) is 7.82. The first-order valence-corrected chi connectivity index (χ1v) is 7.63. The fourth-order valence-electron chi connectivity index (χ4n) is 2.41. The topological polar surface area (TPSA) is 66.6 Å². The molecule has 1 fully saturated rings. The van der Waals surface area contributed by atoms with Gasteiger partial charge in [0, 0.05) is 26.2 Å². The molecule has 0 aromatic carbocycles. The lowest BCUT2D eigenvalue weighted by atomic mass is 10.0. The molecule has 0 aliphatic heterocycles. The van der Waals surface area contributed by atoms with Gasteiger partial charge in [0.1, 0.15) is 0 Å². The molecule has 102 valence electrons. The fraction of sp³-hybridized carbons (Fsp3) is 1.00. The zero-order chi connectivity index (χ0) is 13.2. The van der Waals surface area contributed by atoms with Crippen molar-refractivity contribution >= 4 is 10.2 Å². The highest BCUT2D eigenvalue weighted by Gasteiger charge is 2.37. The van der Waals surface area contributed by atoms with E-state index in [9.17, 15) is 8.42 Å². The van der Waals surface area contributed by atoms with Crippen molar-refractivity contribution in [2.75, 3.05) is 20.6 Å². The summed E-state index contributed by atoms with van der Waals surface area (Å²) in [6.07, 6.45) is 3.02. The monoisotopic (exact) mass is 263 g/mol. The molecule has 0 saturated heterocycles. The highest BCUT2D eigenvalue weighted by molar-refractivity contribution is 7.86. The van der Waals surface area contributed by atoms with E-state index in [4.69, 9.17) is 5.73 Å². The van der Waals surface area contributed by atoms with E-state index in [-0.39, 0.29) is 12.1 Å². The highest BCUT2D eigenvalue weighted by Crippen LogP contribution is 2.30. The second kappa shape index (κ2) is 5.65. The number of nitrogens with two attached hydrogens (primary N) is 1. The minimum Gasteiger partial charge on any atom is -0.330 e. The zero-order valence-electron chi connectivity index (χ0n) is 11.3. The predicted octanol–water partition coefficient (Wildman–Crippen LogP) is 0.631. The Labute approximate surface area is 105 Å². The third kappa shape index (κ3) is 2.99. The Kier molecular flexibility index (Phi) is 4.95. The summed E-state index contributed by atoms with van der Waals surface area (Å²) in [7, 11) is -0.0522. The van der Waals surface area contributed by atoms with E-state index in [1.807, 2.05) is 13.8 Å². The lowest BCUT2D eigenvalue weighted by Gasteiger charge is -2.33. The predicted molar refractivity (Wildman–Crippen MR) is 69.8 cm³/mol. The Balaban J connectivity index is 2.85. The molecule has 0 aromatic heterocycles. The molecule has 17 heavy (non-hydrogen) atoms. The Hall–Kier alpha value is -0.170. The lowest BCUT2D eigenvalue weighted by molar-refractivity contribution is 0.274. The molecule has 0 radical (unpaired) electrons. The summed E-state index contributed by atoms with van der Waals surface area (Å²) in [4.78, 5) is 0. The first kappa shape index (κ1) is 14.9. The van der Waals surface area contributed by atoms with Crippen molar-refractivity contribution in [3.63, 3.8) is 0 Å². The van der Waals surface area contributed by atoms with Crippen LogP contribution in [0.15, 0.2) is 0 Å². The van der Waals surface area contributed by atoms with Gasteiger partial charge in [-0.25, -0.2) is 0 Å². The fourth-order valence-corrected chi connectivity index (χ4v) is 3.97. The van der Waals surface area contributed by atoms with Crippen LogP contribution in [-0.4, -0.2) is 49.8 Å². The van der Waals surface area contributed by atoms with Crippen LogP contribution < -0.4 is 5.73 Å². The van der Waals surface area contributed by atoms with Crippen LogP contribution in [0.1, 0.15) is 33.1 Å². The van der Waals surface area contributed by atoms with Gasteiger partial charge < -0.3 is 5.73 Å². The maximum Gasteiger partial charge on any atom is 0.281 e. The molecular weight excluding hydrogens is 238 g/mol. The third-order valence-electron chi connectivity index (χ3n) is 3.84. The number of hydrogen-bond donors (Lipinski definition) is 1. The van der Waals surface area contributed by atoms with Crippen molar-refractivity contribution in [2.45, 2.75) is 45.2 Å². The first-order valence-electron chi connectivity index (χ1n) is 6.23. The Bertz CT molecular complexity index is 343. The van der Waals surface area contributed by atoms with Gasteiger partial charge in [-0.1, -0.05) is 6.42 Å². The molecule has 2 N–H and O–H groups in total. The van der Waals surface area contributed by atoms with Crippen molar-refractivity contribution in [1.82, 2.24) is 8.61 Å². The van der Waals surface area contributed by atoms with Crippen LogP contribution in [0, 0.1) is 5.92 Å². The molecule has 2 atom stereocenters. The summed E-state index contributed by atoms with van der Waals surface area (Å²) >= 11 is 0. The lowest BCUT2D eigenvalue weighted by Crippen LogP contribution is -2.49. The molecule has 0 aromatic rings. The molecule has 0 bridgehead atoms. The van der Waals surface area contributed by atoms with Gasteiger partial charge in [0.2, 0.25) is 0 Å². The average Bonchev–Trinajstić information content (AvgIpc) is 2.74. The van der Waals surface area contributed by atoms with Crippen LogP contribution in [0.5, 0.6) is 0 Å². The quantitative estimate of drug-likeness (QED) is 0.791. The number of rotatable bonds is 5. The van der Waals surface area contributed by atoms with Crippen LogP contribution in [0.2, 0.25) is 0 Å².